The summed E-state index contributed by atoms with van der Waals surface area (Å²) in [5.74, 6) is 0.167. The fraction of sp³-hybridized carbons (Fsp3) is 0. The van der Waals surface area contributed by atoms with E-state index in [0.29, 0.717) is 21.4 Å². The monoisotopic (exact) mass is 282 g/mol. The summed E-state index contributed by atoms with van der Waals surface area (Å²) in [6.45, 7) is 0. The zero-order chi connectivity index (χ0) is 13.0. The van der Waals surface area contributed by atoms with E-state index in [0.717, 1.165) is 0 Å². The molecule has 0 aliphatic rings. The number of nitrogens with one attached hydrogen (secondary N) is 1. The number of carbonyl (C=O) groups is 1. The smallest absolute Gasteiger partial charge is 0.271 e. The molecule has 0 unspecified atom stereocenters. The molecular formula is C12H8Cl2N2O2. The molecule has 2 rings (SSSR count). The molecule has 1 aromatic carbocycles. The van der Waals surface area contributed by atoms with Crippen molar-refractivity contribution >= 4 is 35.3 Å². The molecule has 1 amide bonds. The van der Waals surface area contributed by atoms with Gasteiger partial charge in [-0.3, -0.25) is 4.79 Å². The van der Waals surface area contributed by atoms with Crippen LogP contribution in [0.3, 0.4) is 0 Å². The average molecular weight is 283 g/mol. The summed E-state index contributed by atoms with van der Waals surface area (Å²) >= 11 is 11.6. The largest absolute Gasteiger partial charge is 0.463 e. The second-order valence-electron chi connectivity index (χ2n) is 3.34. The van der Waals surface area contributed by atoms with Crippen LogP contribution in [0, 0.1) is 0 Å². The first-order valence-corrected chi connectivity index (χ1v) is 5.74. The minimum absolute atomic E-state index is 0.319. The highest BCUT2D eigenvalue weighted by Gasteiger charge is 2.06. The Labute approximate surface area is 113 Å². The fourth-order valence-corrected chi connectivity index (χ4v) is 1.52. The molecule has 92 valence electrons. The lowest BCUT2D eigenvalue weighted by Crippen LogP contribution is -2.17. The van der Waals surface area contributed by atoms with Crippen LogP contribution < -0.4 is 5.43 Å². The summed E-state index contributed by atoms with van der Waals surface area (Å²) < 4.78 is 5.02. The Balaban J connectivity index is 2.01. The molecular weight excluding hydrogens is 275 g/mol. The van der Waals surface area contributed by atoms with Crippen LogP contribution in [0.25, 0.3) is 0 Å². The Kier molecular flexibility index (Phi) is 4.02. The molecule has 0 saturated carbocycles. The van der Waals surface area contributed by atoms with E-state index < -0.39 is 0 Å². The van der Waals surface area contributed by atoms with Crippen molar-refractivity contribution in [1.82, 2.24) is 5.43 Å². The first kappa shape index (κ1) is 12.7. The first-order valence-electron chi connectivity index (χ1n) is 4.99. The van der Waals surface area contributed by atoms with Gasteiger partial charge in [-0.1, -0.05) is 23.2 Å². The third-order valence-electron chi connectivity index (χ3n) is 2.08. The molecule has 6 heteroatoms. The maximum atomic E-state index is 11.7. The van der Waals surface area contributed by atoms with Crippen molar-refractivity contribution in [3.05, 3.63) is 58.0 Å². The summed E-state index contributed by atoms with van der Waals surface area (Å²) in [5.41, 5.74) is 2.73. The van der Waals surface area contributed by atoms with Gasteiger partial charge in [0.2, 0.25) is 0 Å². The third-order valence-corrected chi connectivity index (χ3v) is 2.82. The van der Waals surface area contributed by atoms with Gasteiger partial charge in [0, 0.05) is 5.56 Å². The maximum absolute atomic E-state index is 11.7. The van der Waals surface area contributed by atoms with Crippen LogP contribution in [0.15, 0.2) is 46.1 Å². The quantitative estimate of drug-likeness (QED) is 0.693. The summed E-state index contributed by atoms with van der Waals surface area (Å²) in [4.78, 5) is 11.7. The number of hydrogen-bond acceptors (Lipinski definition) is 3. The summed E-state index contributed by atoms with van der Waals surface area (Å²) in [7, 11) is 0. The predicted molar refractivity (Wildman–Crippen MR) is 70.2 cm³/mol. The molecule has 0 aliphatic carbocycles. The Morgan fingerprint density at radius 3 is 2.78 bits per heavy atom. The van der Waals surface area contributed by atoms with E-state index in [9.17, 15) is 4.79 Å². The summed E-state index contributed by atoms with van der Waals surface area (Å²) in [6.07, 6.45) is 2.91. The van der Waals surface area contributed by atoms with Gasteiger partial charge in [-0.05, 0) is 30.3 Å². The standard InChI is InChI=1S/C12H8Cl2N2O2/c13-10-4-3-8(6-11(10)14)12(17)16-15-7-9-2-1-5-18-9/h1-7H,(H,16,17)/b15-7+. The molecule has 2 aromatic rings. The maximum Gasteiger partial charge on any atom is 0.271 e. The number of nitrogens with zero attached hydrogens (tertiary/aromatic N) is 1. The number of rotatable bonds is 3. The zero-order valence-corrected chi connectivity index (χ0v) is 10.6. The van der Waals surface area contributed by atoms with Crippen molar-refractivity contribution in [2.24, 2.45) is 5.10 Å². The minimum Gasteiger partial charge on any atom is -0.463 e. The van der Waals surface area contributed by atoms with E-state index in [1.54, 1.807) is 24.3 Å². The lowest BCUT2D eigenvalue weighted by Gasteiger charge is -2.01. The molecule has 0 saturated heterocycles. The number of halogens is 2. The van der Waals surface area contributed by atoms with Crippen LogP contribution >= 0.6 is 23.2 Å². The molecule has 1 heterocycles. The highest BCUT2D eigenvalue weighted by Crippen LogP contribution is 2.22. The molecule has 4 nitrogen and oxygen atoms in total. The van der Waals surface area contributed by atoms with E-state index in [1.807, 2.05) is 0 Å². The van der Waals surface area contributed by atoms with E-state index in [2.05, 4.69) is 10.5 Å². The normalized spacial score (nSPS) is 10.8. The Morgan fingerprint density at radius 2 is 2.11 bits per heavy atom. The van der Waals surface area contributed by atoms with Crippen molar-refractivity contribution in [3.63, 3.8) is 0 Å². The molecule has 1 aromatic heterocycles. The summed E-state index contributed by atoms with van der Waals surface area (Å²) in [6, 6.07) is 8.03. The lowest BCUT2D eigenvalue weighted by atomic mass is 10.2. The van der Waals surface area contributed by atoms with E-state index in [4.69, 9.17) is 27.6 Å². The third kappa shape index (κ3) is 3.12. The van der Waals surface area contributed by atoms with E-state index in [-0.39, 0.29) is 5.91 Å². The number of hydrazone groups is 1. The van der Waals surface area contributed by atoms with E-state index in [1.165, 1.54) is 18.5 Å². The van der Waals surface area contributed by atoms with Gasteiger partial charge in [0.15, 0.2) is 0 Å². The fourth-order valence-electron chi connectivity index (χ4n) is 1.22. The van der Waals surface area contributed by atoms with Gasteiger partial charge >= 0.3 is 0 Å². The minimum atomic E-state index is -0.378. The molecule has 1 N–H and O–H groups in total. The SMILES string of the molecule is O=C(N/N=C/c1ccco1)c1ccc(Cl)c(Cl)c1. The number of amides is 1. The van der Waals surface area contributed by atoms with Gasteiger partial charge in [0.05, 0.1) is 22.5 Å². The van der Waals surface area contributed by atoms with Crippen LogP contribution in [-0.4, -0.2) is 12.1 Å². The van der Waals surface area contributed by atoms with Gasteiger partial charge in [0.25, 0.3) is 5.91 Å². The van der Waals surface area contributed by atoms with Gasteiger partial charge in [-0.25, -0.2) is 5.43 Å². The molecule has 0 radical (unpaired) electrons. The van der Waals surface area contributed by atoms with Crippen LogP contribution in [0.2, 0.25) is 10.0 Å². The molecule has 0 atom stereocenters. The van der Waals surface area contributed by atoms with Gasteiger partial charge in [0.1, 0.15) is 5.76 Å². The van der Waals surface area contributed by atoms with Crippen molar-refractivity contribution in [1.29, 1.82) is 0 Å². The van der Waals surface area contributed by atoms with Crippen molar-refractivity contribution in [2.75, 3.05) is 0 Å². The Hall–Kier alpha value is -1.78. The summed E-state index contributed by atoms with van der Waals surface area (Å²) in [5, 5.41) is 4.46. The van der Waals surface area contributed by atoms with Gasteiger partial charge in [-0.15, -0.1) is 0 Å². The first-order chi connectivity index (χ1) is 8.66. The number of hydrogen-bond donors (Lipinski definition) is 1. The van der Waals surface area contributed by atoms with E-state index >= 15 is 0 Å². The second-order valence-corrected chi connectivity index (χ2v) is 4.16. The molecule has 0 aliphatic heterocycles. The average Bonchev–Trinajstić information content (AvgIpc) is 2.85. The Bertz CT molecular complexity index is 580. The molecule has 0 fully saturated rings. The highest BCUT2D eigenvalue weighted by molar-refractivity contribution is 6.42. The highest BCUT2D eigenvalue weighted by atomic mass is 35.5. The predicted octanol–water partition coefficient (Wildman–Crippen LogP) is 3.35. The van der Waals surface area contributed by atoms with Crippen molar-refractivity contribution in [3.8, 4) is 0 Å². The number of carbonyl (C=O) groups excluding carboxylic acids is 1. The number of furan rings is 1. The van der Waals surface area contributed by atoms with Crippen molar-refractivity contribution < 1.29 is 9.21 Å². The molecule has 0 spiro atoms. The second kappa shape index (κ2) is 5.71. The van der Waals surface area contributed by atoms with Crippen LogP contribution in [0.4, 0.5) is 0 Å². The van der Waals surface area contributed by atoms with Crippen LogP contribution in [0.5, 0.6) is 0 Å². The number of benzene rings is 1. The van der Waals surface area contributed by atoms with Crippen LogP contribution in [0.1, 0.15) is 16.1 Å². The van der Waals surface area contributed by atoms with Gasteiger partial charge < -0.3 is 4.42 Å². The molecule has 18 heavy (non-hydrogen) atoms. The molecule has 0 bridgehead atoms. The van der Waals surface area contributed by atoms with Crippen LogP contribution in [-0.2, 0) is 0 Å². The van der Waals surface area contributed by atoms with Gasteiger partial charge in [-0.2, -0.15) is 5.10 Å². The topological polar surface area (TPSA) is 54.6 Å². The Morgan fingerprint density at radius 1 is 1.28 bits per heavy atom. The van der Waals surface area contributed by atoms with Crippen molar-refractivity contribution in [2.45, 2.75) is 0 Å². The lowest BCUT2D eigenvalue weighted by molar-refractivity contribution is 0.0955. The zero-order valence-electron chi connectivity index (χ0n) is 9.06.